The maximum atomic E-state index is 13.5. The molecule has 18 heavy (non-hydrogen) atoms. The van der Waals surface area contributed by atoms with Crippen LogP contribution in [0.3, 0.4) is 0 Å². The zero-order valence-electron chi connectivity index (χ0n) is 9.86. The van der Waals surface area contributed by atoms with Crippen molar-refractivity contribution in [2.45, 2.75) is 31.4 Å². The van der Waals surface area contributed by atoms with Crippen LogP contribution in [0.4, 0.5) is 17.6 Å². The van der Waals surface area contributed by atoms with E-state index in [1.54, 1.807) is 0 Å². The van der Waals surface area contributed by atoms with Gasteiger partial charge in [-0.25, -0.2) is 4.39 Å². The van der Waals surface area contributed by atoms with Crippen LogP contribution in [-0.2, 0) is 6.18 Å². The van der Waals surface area contributed by atoms with Gasteiger partial charge in [0.2, 0.25) is 0 Å². The fourth-order valence-corrected chi connectivity index (χ4v) is 2.51. The minimum Gasteiger partial charge on any atom is -0.317 e. The second-order valence-electron chi connectivity index (χ2n) is 4.58. The largest absolute Gasteiger partial charge is 0.419 e. The van der Waals surface area contributed by atoms with Crippen LogP contribution in [0.1, 0.15) is 36.3 Å². The number of hydrogen-bond donors (Lipinski definition) is 1. The zero-order valence-corrected chi connectivity index (χ0v) is 9.86. The Morgan fingerprint density at radius 2 is 1.89 bits per heavy atom. The molecule has 5 heteroatoms. The Balaban J connectivity index is 2.40. The van der Waals surface area contributed by atoms with Gasteiger partial charge in [-0.05, 0) is 49.9 Å². The number of hydrogen-bond acceptors (Lipinski definition) is 1. The van der Waals surface area contributed by atoms with E-state index in [-0.39, 0.29) is 11.5 Å². The van der Waals surface area contributed by atoms with Gasteiger partial charge >= 0.3 is 6.18 Å². The van der Waals surface area contributed by atoms with E-state index in [1.807, 2.05) is 0 Å². The summed E-state index contributed by atoms with van der Waals surface area (Å²) in [6.07, 6.45) is -2.52. The topological polar surface area (TPSA) is 12.0 Å². The van der Waals surface area contributed by atoms with Gasteiger partial charge < -0.3 is 5.32 Å². The second kappa shape index (κ2) is 5.26. The number of benzene rings is 1. The Bertz CT molecular complexity index is 406. The standard InChI is InChI=1S/C13H15F4N/c14-11-5-1-4-10(12(11)13(15,16)17)9-3-2-7-18-8-6-9/h1,4-5,9,18H,2-3,6-8H2. The molecule has 0 radical (unpaired) electrons. The Morgan fingerprint density at radius 3 is 2.61 bits per heavy atom. The second-order valence-corrected chi connectivity index (χ2v) is 4.58. The van der Waals surface area contributed by atoms with E-state index in [9.17, 15) is 17.6 Å². The van der Waals surface area contributed by atoms with Crippen molar-refractivity contribution in [3.05, 3.63) is 35.1 Å². The zero-order chi connectivity index (χ0) is 13.2. The monoisotopic (exact) mass is 261 g/mol. The fraction of sp³-hybridized carbons (Fsp3) is 0.538. The Labute approximate surface area is 103 Å². The summed E-state index contributed by atoms with van der Waals surface area (Å²) >= 11 is 0. The van der Waals surface area contributed by atoms with Crippen LogP contribution < -0.4 is 5.32 Å². The quantitative estimate of drug-likeness (QED) is 0.760. The Kier molecular flexibility index (Phi) is 3.90. The summed E-state index contributed by atoms with van der Waals surface area (Å²) < 4.78 is 52.2. The van der Waals surface area contributed by atoms with Crippen molar-refractivity contribution < 1.29 is 17.6 Å². The maximum absolute atomic E-state index is 13.5. The van der Waals surface area contributed by atoms with Gasteiger partial charge in [0.15, 0.2) is 0 Å². The van der Waals surface area contributed by atoms with Crippen LogP contribution in [0.2, 0.25) is 0 Å². The first-order chi connectivity index (χ1) is 8.50. The molecule has 1 N–H and O–H groups in total. The van der Waals surface area contributed by atoms with E-state index >= 15 is 0 Å². The first kappa shape index (κ1) is 13.3. The lowest BCUT2D eigenvalue weighted by Gasteiger charge is -2.20. The van der Waals surface area contributed by atoms with Crippen molar-refractivity contribution in [2.24, 2.45) is 0 Å². The number of nitrogens with one attached hydrogen (secondary N) is 1. The molecule has 0 spiro atoms. The molecule has 0 bridgehead atoms. The summed E-state index contributed by atoms with van der Waals surface area (Å²) in [5.41, 5.74) is -0.983. The summed E-state index contributed by atoms with van der Waals surface area (Å²) in [6.45, 7) is 1.49. The third kappa shape index (κ3) is 2.83. The molecule has 1 atom stereocenters. The summed E-state index contributed by atoms with van der Waals surface area (Å²) in [5.74, 6) is -1.38. The lowest BCUT2D eigenvalue weighted by Crippen LogP contribution is -2.16. The molecule has 1 aromatic rings. The molecule has 1 heterocycles. The highest BCUT2D eigenvalue weighted by molar-refractivity contribution is 5.34. The van der Waals surface area contributed by atoms with Gasteiger partial charge in [0.25, 0.3) is 0 Å². The fourth-order valence-electron chi connectivity index (χ4n) is 2.51. The SMILES string of the molecule is Fc1cccc(C2CCCNCC2)c1C(F)(F)F. The minimum atomic E-state index is -4.62. The van der Waals surface area contributed by atoms with Crippen LogP contribution in [0, 0.1) is 5.82 Å². The molecule has 1 aliphatic heterocycles. The van der Waals surface area contributed by atoms with Crippen molar-refractivity contribution in [1.29, 1.82) is 0 Å². The van der Waals surface area contributed by atoms with Crippen LogP contribution in [0.25, 0.3) is 0 Å². The summed E-state index contributed by atoms with van der Waals surface area (Å²) in [7, 11) is 0. The van der Waals surface area contributed by atoms with E-state index in [1.165, 1.54) is 12.1 Å². The highest BCUT2D eigenvalue weighted by Crippen LogP contribution is 2.39. The summed E-state index contributed by atoms with van der Waals surface area (Å²) in [6, 6.07) is 3.64. The lowest BCUT2D eigenvalue weighted by atomic mass is 9.88. The van der Waals surface area contributed by atoms with Crippen molar-refractivity contribution in [1.82, 2.24) is 5.32 Å². The average Bonchev–Trinajstić information content (AvgIpc) is 2.55. The van der Waals surface area contributed by atoms with Gasteiger partial charge in [-0.2, -0.15) is 13.2 Å². The third-order valence-corrected chi connectivity index (χ3v) is 3.34. The lowest BCUT2D eigenvalue weighted by molar-refractivity contribution is -0.140. The van der Waals surface area contributed by atoms with Gasteiger partial charge in [-0.15, -0.1) is 0 Å². The highest BCUT2D eigenvalue weighted by Gasteiger charge is 2.38. The van der Waals surface area contributed by atoms with Crippen molar-refractivity contribution >= 4 is 0 Å². The predicted octanol–water partition coefficient (Wildman–Crippen LogP) is 3.70. The van der Waals surface area contributed by atoms with E-state index in [4.69, 9.17) is 0 Å². The molecule has 2 rings (SSSR count). The first-order valence-corrected chi connectivity index (χ1v) is 6.06. The molecule has 100 valence electrons. The third-order valence-electron chi connectivity index (χ3n) is 3.34. The van der Waals surface area contributed by atoms with Crippen LogP contribution in [-0.4, -0.2) is 13.1 Å². The first-order valence-electron chi connectivity index (χ1n) is 6.06. The van der Waals surface area contributed by atoms with E-state index in [2.05, 4.69) is 5.32 Å². The normalized spacial score (nSPS) is 21.7. The van der Waals surface area contributed by atoms with Crippen LogP contribution in [0.5, 0.6) is 0 Å². The molecule has 1 aromatic carbocycles. The van der Waals surface area contributed by atoms with Gasteiger partial charge in [0.1, 0.15) is 5.82 Å². The Hall–Kier alpha value is -1.10. The maximum Gasteiger partial charge on any atom is 0.419 e. The number of rotatable bonds is 1. The number of halogens is 4. The van der Waals surface area contributed by atoms with E-state index in [0.717, 1.165) is 19.0 Å². The van der Waals surface area contributed by atoms with E-state index < -0.39 is 17.6 Å². The molecule has 1 saturated heterocycles. The predicted molar refractivity (Wildman–Crippen MR) is 60.9 cm³/mol. The highest BCUT2D eigenvalue weighted by atomic mass is 19.4. The smallest absolute Gasteiger partial charge is 0.317 e. The molecular formula is C13H15F4N. The van der Waals surface area contributed by atoms with Crippen LogP contribution >= 0.6 is 0 Å². The van der Waals surface area contributed by atoms with Gasteiger partial charge in [-0.1, -0.05) is 12.1 Å². The van der Waals surface area contributed by atoms with Crippen molar-refractivity contribution in [2.75, 3.05) is 13.1 Å². The molecule has 0 amide bonds. The molecule has 0 saturated carbocycles. The van der Waals surface area contributed by atoms with Crippen LogP contribution in [0.15, 0.2) is 18.2 Å². The van der Waals surface area contributed by atoms with Crippen molar-refractivity contribution in [3.8, 4) is 0 Å². The van der Waals surface area contributed by atoms with Crippen molar-refractivity contribution in [3.63, 3.8) is 0 Å². The average molecular weight is 261 g/mol. The van der Waals surface area contributed by atoms with Gasteiger partial charge in [0, 0.05) is 0 Å². The number of alkyl halides is 3. The minimum absolute atomic E-state index is 0.103. The molecular weight excluding hydrogens is 246 g/mol. The van der Waals surface area contributed by atoms with E-state index in [0.29, 0.717) is 19.4 Å². The molecule has 1 aliphatic rings. The molecule has 1 nitrogen and oxygen atoms in total. The molecule has 1 unspecified atom stereocenters. The van der Waals surface area contributed by atoms with Gasteiger partial charge in [0.05, 0.1) is 5.56 Å². The summed E-state index contributed by atoms with van der Waals surface area (Å²) in [5, 5.41) is 3.14. The summed E-state index contributed by atoms with van der Waals surface area (Å²) in [4.78, 5) is 0. The van der Waals surface area contributed by atoms with Gasteiger partial charge in [-0.3, -0.25) is 0 Å². The molecule has 0 aliphatic carbocycles. The Morgan fingerprint density at radius 1 is 1.11 bits per heavy atom. The molecule has 1 fully saturated rings. The molecule has 0 aromatic heterocycles.